The number of benzene rings is 1. The van der Waals surface area contributed by atoms with Crippen molar-refractivity contribution in [3.05, 3.63) is 34.4 Å². The number of carbonyl (C=O) groups excluding carboxylic acids is 1. The molecule has 1 fully saturated rings. The molecule has 2 N–H and O–H groups in total. The fourth-order valence-corrected chi connectivity index (χ4v) is 3.06. The Bertz CT molecular complexity index is 581. The SMILES string of the molecule is Cc1cc(C)c(C2(C)NC(=NCC(C)C)NC2=O)c(C)c1. The maximum atomic E-state index is 12.5. The van der Waals surface area contributed by atoms with Crippen LogP contribution in [0.1, 0.15) is 43.0 Å². The van der Waals surface area contributed by atoms with Gasteiger partial charge < -0.3 is 5.32 Å². The first-order chi connectivity index (χ1) is 9.74. The van der Waals surface area contributed by atoms with Crippen molar-refractivity contribution < 1.29 is 4.79 Å². The summed E-state index contributed by atoms with van der Waals surface area (Å²) in [7, 11) is 0. The molecule has 0 bridgehead atoms. The molecule has 1 amide bonds. The van der Waals surface area contributed by atoms with Crippen molar-refractivity contribution in [3.63, 3.8) is 0 Å². The van der Waals surface area contributed by atoms with E-state index in [2.05, 4.69) is 62.4 Å². The molecule has 2 rings (SSSR count). The number of aryl methyl sites for hydroxylation is 3. The molecular weight excluding hydrogens is 262 g/mol. The van der Waals surface area contributed by atoms with Crippen molar-refractivity contribution >= 4 is 11.9 Å². The number of carbonyl (C=O) groups is 1. The molecule has 1 heterocycles. The van der Waals surface area contributed by atoms with Gasteiger partial charge in [-0.05, 0) is 50.3 Å². The highest BCUT2D eigenvalue weighted by atomic mass is 16.2. The number of aliphatic imine (C=N–C) groups is 1. The van der Waals surface area contributed by atoms with Crippen LogP contribution in [0.5, 0.6) is 0 Å². The summed E-state index contributed by atoms with van der Waals surface area (Å²) >= 11 is 0. The maximum absolute atomic E-state index is 12.5. The first-order valence-corrected chi connectivity index (χ1v) is 7.46. The van der Waals surface area contributed by atoms with Crippen molar-refractivity contribution in [3.8, 4) is 0 Å². The molecule has 1 saturated heterocycles. The van der Waals surface area contributed by atoms with Gasteiger partial charge in [-0.15, -0.1) is 0 Å². The third kappa shape index (κ3) is 2.94. The Morgan fingerprint density at radius 1 is 1.19 bits per heavy atom. The van der Waals surface area contributed by atoms with Crippen LogP contribution in [-0.2, 0) is 10.3 Å². The summed E-state index contributed by atoms with van der Waals surface area (Å²) in [5.41, 5.74) is 3.76. The smallest absolute Gasteiger partial charge is 0.256 e. The minimum Gasteiger partial charge on any atom is -0.338 e. The Hall–Kier alpha value is -1.84. The van der Waals surface area contributed by atoms with Gasteiger partial charge >= 0.3 is 0 Å². The fraction of sp³-hybridized carbons (Fsp3) is 0.529. The summed E-state index contributed by atoms with van der Waals surface area (Å²) in [6, 6.07) is 4.23. The molecule has 1 aromatic carbocycles. The average Bonchev–Trinajstić information content (AvgIpc) is 2.61. The molecule has 4 heteroatoms. The first-order valence-electron chi connectivity index (χ1n) is 7.46. The fourth-order valence-electron chi connectivity index (χ4n) is 3.06. The third-order valence-corrected chi connectivity index (χ3v) is 3.85. The summed E-state index contributed by atoms with van der Waals surface area (Å²) < 4.78 is 0. The van der Waals surface area contributed by atoms with Crippen molar-refractivity contribution in [1.82, 2.24) is 10.6 Å². The lowest BCUT2D eigenvalue weighted by atomic mass is 9.84. The Morgan fingerprint density at radius 3 is 2.29 bits per heavy atom. The van der Waals surface area contributed by atoms with Crippen LogP contribution in [0.25, 0.3) is 0 Å². The Kier molecular flexibility index (Phi) is 4.08. The number of rotatable bonds is 3. The molecule has 1 aromatic rings. The van der Waals surface area contributed by atoms with Crippen LogP contribution in [0, 0.1) is 26.7 Å². The van der Waals surface area contributed by atoms with Gasteiger partial charge in [0.1, 0.15) is 5.54 Å². The van der Waals surface area contributed by atoms with E-state index in [4.69, 9.17) is 0 Å². The van der Waals surface area contributed by atoms with E-state index in [-0.39, 0.29) is 5.91 Å². The highest BCUT2D eigenvalue weighted by molar-refractivity contribution is 6.09. The highest BCUT2D eigenvalue weighted by Gasteiger charge is 2.44. The van der Waals surface area contributed by atoms with Crippen molar-refractivity contribution in [2.75, 3.05) is 6.54 Å². The van der Waals surface area contributed by atoms with Crippen LogP contribution >= 0.6 is 0 Å². The molecule has 114 valence electrons. The van der Waals surface area contributed by atoms with E-state index in [0.717, 1.165) is 16.7 Å². The minimum absolute atomic E-state index is 0.0416. The largest absolute Gasteiger partial charge is 0.338 e. The molecule has 1 unspecified atom stereocenters. The molecule has 0 spiro atoms. The number of hydrogen-bond acceptors (Lipinski definition) is 2. The van der Waals surface area contributed by atoms with E-state index in [1.165, 1.54) is 5.56 Å². The van der Waals surface area contributed by atoms with E-state index in [9.17, 15) is 4.79 Å². The van der Waals surface area contributed by atoms with Gasteiger partial charge in [-0.25, -0.2) is 0 Å². The maximum Gasteiger partial charge on any atom is 0.256 e. The Labute approximate surface area is 127 Å². The van der Waals surface area contributed by atoms with Gasteiger partial charge in [0.05, 0.1) is 0 Å². The molecule has 21 heavy (non-hydrogen) atoms. The van der Waals surface area contributed by atoms with E-state index in [1.807, 2.05) is 6.92 Å². The molecule has 0 saturated carbocycles. The van der Waals surface area contributed by atoms with Gasteiger partial charge in [0.2, 0.25) is 0 Å². The molecule has 0 aromatic heterocycles. The van der Waals surface area contributed by atoms with Gasteiger partial charge in [0.25, 0.3) is 5.91 Å². The first kappa shape index (κ1) is 15.5. The van der Waals surface area contributed by atoms with Crippen LogP contribution in [0.15, 0.2) is 17.1 Å². The number of hydrogen-bond donors (Lipinski definition) is 2. The van der Waals surface area contributed by atoms with Crippen molar-refractivity contribution in [2.24, 2.45) is 10.9 Å². The second kappa shape index (κ2) is 5.51. The summed E-state index contributed by atoms with van der Waals surface area (Å²) in [6.45, 7) is 13.0. The lowest BCUT2D eigenvalue weighted by molar-refractivity contribution is -0.123. The number of amides is 1. The van der Waals surface area contributed by atoms with Gasteiger partial charge in [0, 0.05) is 6.54 Å². The van der Waals surface area contributed by atoms with E-state index in [1.54, 1.807) is 0 Å². The lowest BCUT2D eigenvalue weighted by Crippen LogP contribution is -2.42. The molecule has 4 nitrogen and oxygen atoms in total. The molecule has 0 radical (unpaired) electrons. The summed E-state index contributed by atoms with van der Waals surface area (Å²) in [5, 5.41) is 6.15. The van der Waals surface area contributed by atoms with Gasteiger partial charge in [-0.3, -0.25) is 15.1 Å². The van der Waals surface area contributed by atoms with Crippen LogP contribution in [-0.4, -0.2) is 18.4 Å². The zero-order valence-corrected chi connectivity index (χ0v) is 13.8. The van der Waals surface area contributed by atoms with Crippen LogP contribution < -0.4 is 10.6 Å². The van der Waals surface area contributed by atoms with Crippen molar-refractivity contribution in [2.45, 2.75) is 47.1 Å². The standard InChI is InChI=1S/C17H25N3O/c1-10(2)9-18-16-19-15(21)17(6,20-16)14-12(4)7-11(3)8-13(14)5/h7-8,10H,9H2,1-6H3,(H2,18,19,20,21). The Morgan fingerprint density at radius 2 is 1.76 bits per heavy atom. The second-order valence-corrected chi connectivity index (χ2v) is 6.56. The van der Waals surface area contributed by atoms with Crippen LogP contribution in [0.2, 0.25) is 0 Å². The van der Waals surface area contributed by atoms with E-state index in [0.29, 0.717) is 18.4 Å². The minimum atomic E-state index is -0.752. The Balaban J connectivity index is 2.40. The quantitative estimate of drug-likeness (QED) is 0.897. The zero-order chi connectivity index (χ0) is 15.8. The number of nitrogens with zero attached hydrogens (tertiary/aromatic N) is 1. The third-order valence-electron chi connectivity index (χ3n) is 3.85. The summed E-state index contributed by atoms with van der Waals surface area (Å²) in [6.07, 6.45) is 0. The molecule has 1 aliphatic heterocycles. The molecule has 0 aliphatic carbocycles. The normalized spacial score (nSPS) is 23.6. The second-order valence-electron chi connectivity index (χ2n) is 6.56. The van der Waals surface area contributed by atoms with Gasteiger partial charge in [0.15, 0.2) is 5.96 Å². The topological polar surface area (TPSA) is 53.5 Å². The lowest BCUT2D eigenvalue weighted by Gasteiger charge is -2.26. The van der Waals surface area contributed by atoms with Gasteiger partial charge in [-0.2, -0.15) is 0 Å². The number of guanidine groups is 1. The van der Waals surface area contributed by atoms with Crippen molar-refractivity contribution in [1.29, 1.82) is 0 Å². The molecule has 1 atom stereocenters. The highest BCUT2D eigenvalue weighted by Crippen LogP contribution is 2.31. The zero-order valence-electron chi connectivity index (χ0n) is 13.8. The van der Waals surface area contributed by atoms with Gasteiger partial charge in [-0.1, -0.05) is 31.5 Å². The van der Waals surface area contributed by atoms with E-state index < -0.39 is 5.54 Å². The predicted molar refractivity (Wildman–Crippen MR) is 86.4 cm³/mol. The summed E-state index contributed by atoms with van der Waals surface area (Å²) in [4.78, 5) is 16.9. The monoisotopic (exact) mass is 287 g/mol. The average molecular weight is 287 g/mol. The van der Waals surface area contributed by atoms with E-state index >= 15 is 0 Å². The van der Waals surface area contributed by atoms with Crippen LogP contribution in [0.3, 0.4) is 0 Å². The molecule has 1 aliphatic rings. The predicted octanol–water partition coefficient (Wildman–Crippen LogP) is 2.56. The van der Waals surface area contributed by atoms with Crippen LogP contribution in [0.4, 0.5) is 0 Å². The molecular formula is C17H25N3O. The number of nitrogens with one attached hydrogen (secondary N) is 2. The summed E-state index contributed by atoms with van der Waals surface area (Å²) in [5.74, 6) is 1.00.